The van der Waals surface area contributed by atoms with Crippen LogP contribution in [0.3, 0.4) is 0 Å². The Balaban J connectivity index is 1.95. The van der Waals surface area contributed by atoms with Gasteiger partial charge in [-0.2, -0.15) is 9.78 Å². The number of hydrogen-bond acceptors (Lipinski definition) is 5. The number of amides is 1. The van der Waals surface area contributed by atoms with Crippen LogP contribution in [0.2, 0.25) is 0 Å². The summed E-state index contributed by atoms with van der Waals surface area (Å²) in [4.78, 5) is 21.7. The molecule has 0 saturated heterocycles. The van der Waals surface area contributed by atoms with Crippen molar-refractivity contribution in [3.8, 4) is 5.95 Å². The van der Waals surface area contributed by atoms with Gasteiger partial charge in [0.25, 0.3) is 5.95 Å². The van der Waals surface area contributed by atoms with Crippen molar-refractivity contribution in [2.75, 3.05) is 11.1 Å². The van der Waals surface area contributed by atoms with E-state index in [1.807, 2.05) is 26.8 Å². The molecule has 0 saturated carbocycles. The van der Waals surface area contributed by atoms with Crippen molar-refractivity contribution in [2.24, 2.45) is 0 Å². The van der Waals surface area contributed by atoms with Crippen LogP contribution in [-0.4, -0.2) is 31.4 Å². The van der Waals surface area contributed by atoms with Crippen LogP contribution in [0.1, 0.15) is 50.1 Å². The number of benzene rings is 1. The van der Waals surface area contributed by atoms with Gasteiger partial charge in [0.1, 0.15) is 5.82 Å². The van der Waals surface area contributed by atoms with Gasteiger partial charge in [0, 0.05) is 17.0 Å². The molecular weight excluding hydrogens is 382 g/mol. The summed E-state index contributed by atoms with van der Waals surface area (Å²) >= 11 is 1.64. The first kappa shape index (κ1) is 19.6. The van der Waals surface area contributed by atoms with Crippen molar-refractivity contribution in [3.63, 3.8) is 0 Å². The molecule has 0 bridgehead atoms. The SMILES string of the molecule is Cc1cc(C)c([C@H]2SCC(=O)Nc3c2c(C)nn3-c2nc(C)cc(C)n2)c(C)c1. The number of aryl methyl sites for hydroxylation is 6. The van der Waals surface area contributed by atoms with Crippen LogP contribution in [0.4, 0.5) is 5.82 Å². The fraction of sp³-hybridized carbons (Fsp3) is 0.364. The van der Waals surface area contributed by atoms with E-state index < -0.39 is 0 Å². The maximum Gasteiger partial charge on any atom is 0.252 e. The van der Waals surface area contributed by atoms with E-state index in [9.17, 15) is 4.79 Å². The molecule has 1 amide bonds. The molecule has 1 N–H and O–H groups in total. The number of hydrogen-bond donors (Lipinski definition) is 1. The number of aromatic nitrogens is 4. The van der Waals surface area contributed by atoms with Gasteiger partial charge in [-0.25, -0.2) is 9.97 Å². The van der Waals surface area contributed by atoms with Crippen LogP contribution in [0.15, 0.2) is 18.2 Å². The van der Waals surface area contributed by atoms with E-state index in [1.54, 1.807) is 16.4 Å². The van der Waals surface area contributed by atoms with Crippen molar-refractivity contribution in [1.82, 2.24) is 19.7 Å². The monoisotopic (exact) mass is 407 g/mol. The summed E-state index contributed by atoms with van der Waals surface area (Å²) in [6, 6.07) is 6.33. The first-order valence-electron chi connectivity index (χ1n) is 9.66. The zero-order chi connectivity index (χ0) is 20.9. The van der Waals surface area contributed by atoms with Gasteiger partial charge in [-0.15, -0.1) is 11.8 Å². The largest absolute Gasteiger partial charge is 0.309 e. The smallest absolute Gasteiger partial charge is 0.252 e. The summed E-state index contributed by atoms with van der Waals surface area (Å²) in [5, 5.41) is 7.81. The maximum absolute atomic E-state index is 12.6. The second kappa shape index (κ2) is 7.30. The van der Waals surface area contributed by atoms with Gasteiger partial charge in [-0.05, 0) is 64.3 Å². The van der Waals surface area contributed by atoms with E-state index in [1.165, 1.54) is 22.3 Å². The van der Waals surface area contributed by atoms with Gasteiger partial charge in [0.15, 0.2) is 0 Å². The van der Waals surface area contributed by atoms with Crippen LogP contribution in [0.25, 0.3) is 5.95 Å². The average Bonchev–Trinajstić information content (AvgIpc) is 2.81. The van der Waals surface area contributed by atoms with Crippen LogP contribution >= 0.6 is 11.8 Å². The van der Waals surface area contributed by atoms with Gasteiger partial charge < -0.3 is 5.32 Å². The van der Waals surface area contributed by atoms with E-state index in [2.05, 4.69) is 48.2 Å². The Bertz CT molecular complexity index is 1090. The molecule has 1 aliphatic rings. The maximum atomic E-state index is 12.6. The number of thioether (sulfide) groups is 1. The number of rotatable bonds is 2. The minimum Gasteiger partial charge on any atom is -0.309 e. The highest BCUT2D eigenvalue weighted by Crippen LogP contribution is 2.45. The summed E-state index contributed by atoms with van der Waals surface area (Å²) in [6.07, 6.45) is 0. The molecule has 150 valence electrons. The van der Waals surface area contributed by atoms with E-state index >= 15 is 0 Å². The second-order valence-corrected chi connectivity index (χ2v) is 8.86. The van der Waals surface area contributed by atoms with E-state index in [0.29, 0.717) is 17.5 Å². The number of anilines is 1. The molecule has 3 aromatic rings. The summed E-state index contributed by atoms with van der Waals surface area (Å²) in [5.41, 5.74) is 8.59. The predicted octanol–water partition coefficient (Wildman–Crippen LogP) is 4.29. The van der Waals surface area contributed by atoms with Gasteiger partial charge in [0.2, 0.25) is 5.91 Å². The number of fused-ring (bicyclic) bond motifs is 1. The summed E-state index contributed by atoms with van der Waals surface area (Å²) in [7, 11) is 0. The van der Waals surface area contributed by atoms with Gasteiger partial charge >= 0.3 is 0 Å². The lowest BCUT2D eigenvalue weighted by molar-refractivity contribution is -0.113. The zero-order valence-electron chi connectivity index (χ0n) is 17.6. The summed E-state index contributed by atoms with van der Waals surface area (Å²) in [6.45, 7) is 12.3. The quantitative estimate of drug-likeness (QED) is 0.686. The van der Waals surface area contributed by atoms with Crippen molar-refractivity contribution < 1.29 is 4.79 Å². The number of carbonyl (C=O) groups is 1. The molecule has 6 nitrogen and oxygen atoms in total. The average molecular weight is 408 g/mol. The highest BCUT2D eigenvalue weighted by atomic mass is 32.2. The molecule has 0 unspecified atom stereocenters. The topological polar surface area (TPSA) is 72.7 Å². The Hall–Kier alpha value is -2.67. The Kier molecular flexibility index (Phi) is 4.94. The summed E-state index contributed by atoms with van der Waals surface area (Å²) < 4.78 is 1.68. The fourth-order valence-electron chi connectivity index (χ4n) is 4.16. The third-order valence-corrected chi connectivity index (χ3v) is 6.40. The van der Waals surface area contributed by atoms with E-state index in [4.69, 9.17) is 5.10 Å². The number of nitrogens with one attached hydrogen (secondary N) is 1. The molecule has 1 atom stereocenters. The third kappa shape index (κ3) is 3.55. The molecule has 1 aromatic carbocycles. The van der Waals surface area contributed by atoms with Gasteiger partial charge in [-0.1, -0.05) is 17.7 Å². The minimum atomic E-state index is -0.0355. The summed E-state index contributed by atoms with van der Waals surface area (Å²) in [5.74, 6) is 1.51. The Morgan fingerprint density at radius 2 is 1.59 bits per heavy atom. The molecule has 1 aliphatic heterocycles. The van der Waals surface area contributed by atoms with Crippen molar-refractivity contribution in [1.29, 1.82) is 0 Å². The van der Waals surface area contributed by atoms with Crippen LogP contribution < -0.4 is 5.32 Å². The van der Waals surface area contributed by atoms with Crippen molar-refractivity contribution >= 4 is 23.5 Å². The first-order chi connectivity index (χ1) is 13.7. The predicted molar refractivity (Wildman–Crippen MR) is 117 cm³/mol. The molecule has 29 heavy (non-hydrogen) atoms. The minimum absolute atomic E-state index is 0.0178. The van der Waals surface area contributed by atoms with Crippen LogP contribution in [-0.2, 0) is 4.79 Å². The molecule has 0 fully saturated rings. The highest BCUT2D eigenvalue weighted by molar-refractivity contribution is 8.00. The molecule has 2 aromatic heterocycles. The molecule has 0 spiro atoms. The lowest BCUT2D eigenvalue weighted by Crippen LogP contribution is -2.17. The lowest BCUT2D eigenvalue weighted by atomic mass is 9.93. The molecule has 3 heterocycles. The molecule has 4 rings (SSSR count). The van der Waals surface area contributed by atoms with E-state index in [0.717, 1.165) is 22.6 Å². The van der Waals surface area contributed by atoms with Crippen molar-refractivity contribution in [3.05, 3.63) is 63.1 Å². The molecular formula is C22H25N5OS. The second-order valence-electron chi connectivity index (χ2n) is 7.76. The van der Waals surface area contributed by atoms with Crippen molar-refractivity contribution in [2.45, 2.75) is 46.8 Å². The molecule has 0 radical (unpaired) electrons. The van der Waals surface area contributed by atoms with Gasteiger partial charge in [-0.3, -0.25) is 4.79 Å². The highest BCUT2D eigenvalue weighted by Gasteiger charge is 2.32. The van der Waals surface area contributed by atoms with E-state index in [-0.39, 0.29) is 11.2 Å². The normalized spacial score (nSPS) is 16.3. The lowest BCUT2D eigenvalue weighted by Gasteiger charge is -2.21. The molecule has 0 aliphatic carbocycles. The Morgan fingerprint density at radius 1 is 0.966 bits per heavy atom. The third-order valence-electron chi connectivity index (χ3n) is 5.17. The number of carbonyl (C=O) groups excluding carboxylic acids is 1. The molecule has 7 heteroatoms. The van der Waals surface area contributed by atoms with Crippen LogP contribution in [0, 0.1) is 41.5 Å². The first-order valence-corrected chi connectivity index (χ1v) is 10.7. The standard InChI is InChI=1S/C22H25N5OS/c1-11-7-12(2)18(13(3)8-11)20-19-16(6)26-27(21(19)25-17(28)10-29-20)22-23-14(4)9-15(5)24-22/h7-9,20H,10H2,1-6H3,(H,25,28)/t20-/m1/s1. The Labute approximate surface area is 175 Å². The Morgan fingerprint density at radius 3 is 2.21 bits per heavy atom. The fourth-order valence-corrected chi connectivity index (χ4v) is 5.54. The number of nitrogens with zero attached hydrogens (tertiary/aromatic N) is 4. The van der Waals surface area contributed by atoms with Crippen LogP contribution in [0.5, 0.6) is 0 Å². The zero-order valence-corrected chi connectivity index (χ0v) is 18.4. The van der Waals surface area contributed by atoms with Gasteiger partial charge in [0.05, 0.1) is 16.7 Å².